The van der Waals surface area contributed by atoms with E-state index in [2.05, 4.69) is 0 Å². The number of rotatable bonds is 2. The minimum absolute atomic E-state index is 0.542. The van der Waals surface area contributed by atoms with Gasteiger partial charge in [0.1, 0.15) is 6.04 Å². The molecule has 1 unspecified atom stereocenters. The number of nitrogen functional groups attached to an aromatic ring is 1. The van der Waals surface area contributed by atoms with Crippen LogP contribution in [-0.4, -0.2) is 5.91 Å². The van der Waals surface area contributed by atoms with Gasteiger partial charge in [0.2, 0.25) is 5.91 Å². The Bertz CT molecular complexity index is 281. The lowest BCUT2D eigenvalue weighted by atomic mass is 10.1. The summed E-state index contributed by atoms with van der Waals surface area (Å²) in [6.45, 7) is 0. The van der Waals surface area contributed by atoms with Crippen molar-refractivity contribution in [2.75, 3.05) is 5.73 Å². The Morgan fingerprint density at radius 3 is 2.17 bits per heavy atom. The number of primary amides is 1. The van der Waals surface area contributed by atoms with Gasteiger partial charge in [0.15, 0.2) is 0 Å². The second-order valence-electron chi connectivity index (χ2n) is 2.55. The highest BCUT2D eigenvalue weighted by atomic mass is 16.1. The zero-order valence-electron chi connectivity index (χ0n) is 6.53. The summed E-state index contributed by atoms with van der Waals surface area (Å²) in [4.78, 5) is 10.7. The summed E-state index contributed by atoms with van der Waals surface area (Å²) in [5.74, 6) is -0.542. The van der Waals surface area contributed by atoms with Crippen molar-refractivity contribution in [3.05, 3.63) is 29.8 Å². The molecular formula is C8H11N3O. The van der Waals surface area contributed by atoms with Crippen molar-refractivity contribution in [1.29, 1.82) is 0 Å². The molecule has 1 atom stereocenters. The number of carbonyl (C=O) groups excluding carboxylic acids is 1. The van der Waals surface area contributed by atoms with Crippen molar-refractivity contribution in [3.8, 4) is 0 Å². The molecule has 0 radical (unpaired) electrons. The Morgan fingerprint density at radius 2 is 1.75 bits per heavy atom. The number of carbonyl (C=O) groups is 1. The number of anilines is 1. The van der Waals surface area contributed by atoms with Gasteiger partial charge in [-0.15, -0.1) is 0 Å². The molecule has 0 saturated heterocycles. The van der Waals surface area contributed by atoms with Gasteiger partial charge < -0.3 is 17.2 Å². The Morgan fingerprint density at radius 1 is 1.25 bits per heavy atom. The zero-order valence-corrected chi connectivity index (χ0v) is 6.53. The van der Waals surface area contributed by atoms with Crippen LogP contribution in [0.3, 0.4) is 0 Å². The van der Waals surface area contributed by atoms with Crippen LogP contribution in [-0.2, 0) is 4.79 Å². The first kappa shape index (κ1) is 8.55. The topological polar surface area (TPSA) is 95.1 Å². The summed E-state index contributed by atoms with van der Waals surface area (Å²) in [5, 5.41) is 0. The van der Waals surface area contributed by atoms with E-state index < -0.39 is 11.9 Å². The SMILES string of the molecule is NC(=O)C(N)c1ccc(N)cc1. The fourth-order valence-corrected chi connectivity index (χ4v) is 0.868. The molecule has 64 valence electrons. The predicted molar refractivity (Wildman–Crippen MR) is 47.0 cm³/mol. The van der Waals surface area contributed by atoms with Gasteiger partial charge >= 0.3 is 0 Å². The van der Waals surface area contributed by atoms with Gasteiger partial charge in [-0.25, -0.2) is 0 Å². The molecule has 0 aliphatic heterocycles. The Balaban J connectivity index is 2.89. The number of nitrogens with two attached hydrogens (primary N) is 3. The fourth-order valence-electron chi connectivity index (χ4n) is 0.868. The van der Waals surface area contributed by atoms with Gasteiger partial charge in [0.25, 0.3) is 0 Å². The molecule has 0 aliphatic rings. The molecule has 1 amide bonds. The lowest BCUT2D eigenvalue weighted by Crippen LogP contribution is -2.28. The molecule has 6 N–H and O–H groups in total. The number of amides is 1. The number of benzene rings is 1. The summed E-state index contributed by atoms with van der Waals surface area (Å²) in [5.41, 5.74) is 17.2. The van der Waals surface area contributed by atoms with Crippen LogP contribution >= 0.6 is 0 Å². The normalized spacial score (nSPS) is 12.4. The maximum atomic E-state index is 10.7. The molecule has 4 heteroatoms. The van der Waals surface area contributed by atoms with Crippen molar-refractivity contribution in [2.45, 2.75) is 6.04 Å². The van der Waals surface area contributed by atoms with Gasteiger partial charge in [-0.2, -0.15) is 0 Å². The molecule has 0 saturated carbocycles. The Kier molecular flexibility index (Phi) is 2.30. The molecular weight excluding hydrogens is 154 g/mol. The minimum atomic E-state index is -0.745. The van der Waals surface area contributed by atoms with Gasteiger partial charge in [-0.05, 0) is 17.7 Å². The van der Waals surface area contributed by atoms with E-state index in [1.165, 1.54) is 0 Å². The second-order valence-corrected chi connectivity index (χ2v) is 2.55. The maximum Gasteiger partial charge on any atom is 0.238 e. The third-order valence-corrected chi connectivity index (χ3v) is 1.60. The monoisotopic (exact) mass is 165 g/mol. The lowest BCUT2D eigenvalue weighted by molar-refractivity contribution is -0.119. The molecule has 1 aromatic carbocycles. The van der Waals surface area contributed by atoms with Crippen LogP contribution in [0.5, 0.6) is 0 Å². The molecule has 1 aromatic rings. The highest BCUT2D eigenvalue weighted by Crippen LogP contribution is 2.11. The van der Waals surface area contributed by atoms with Crippen molar-refractivity contribution in [1.82, 2.24) is 0 Å². The summed E-state index contributed by atoms with van der Waals surface area (Å²) >= 11 is 0. The first-order valence-corrected chi connectivity index (χ1v) is 3.51. The van der Waals surface area contributed by atoms with E-state index in [1.807, 2.05) is 0 Å². The molecule has 0 aliphatic carbocycles. The van der Waals surface area contributed by atoms with Crippen molar-refractivity contribution >= 4 is 11.6 Å². The average Bonchev–Trinajstić information content (AvgIpc) is 2.04. The van der Waals surface area contributed by atoms with Gasteiger partial charge in [0, 0.05) is 5.69 Å². The van der Waals surface area contributed by atoms with Crippen LogP contribution in [0.1, 0.15) is 11.6 Å². The molecule has 1 rings (SSSR count). The van der Waals surface area contributed by atoms with E-state index in [-0.39, 0.29) is 0 Å². The molecule has 0 spiro atoms. The largest absolute Gasteiger partial charge is 0.399 e. The molecule has 4 nitrogen and oxygen atoms in total. The molecule has 12 heavy (non-hydrogen) atoms. The van der Waals surface area contributed by atoms with Crippen LogP contribution in [0.2, 0.25) is 0 Å². The predicted octanol–water partition coefficient (Wildman–Crippen LogP) is -0.246. The van der Waals surface area contributed by atoms with Gasteiger partial charge in [0.05, 0.1) is 0 Å². The quantitative estimate of drug-likeness (QED) is 0.527. The average molecular weight is 165 g/mol. The summed E-state index contributed by atoms with van der Waals surface area (Å²) in [6.07, 6.45) is 0. The van der Waals surface area contributed by atoms with E-state index in [0.29, 0.717) is 11.3 Å². The number of hydrogen-bond donors (Lipinski definition) is 3. The molecule has 0 aromatic heterocycles. The van der Waals surface area contributed by atoms with Crippen LogP contribution in [0.25, 0.3) is 0 Å². The molecule has 0 heterocycles. The van der Waals surface area contributed by atoms with Crippen LogP contribution in [0, 0.1) is 0 Å². The summed E-state index contributed by atoms with van der Waals surface area (Å²) in [7, 11) is 0. The minimum Gasteiger partial charge on any atom is -0.399 e. The van der Waals surface area contributed by atoms with E-state index in [4.69, 9.17) is 17.2 Å². The van der Waals surface area contributed by atoms with Crippen LogP contribution in [0.15, 0.2) is 24.3 Å². The molecule has 0 fully saturated rings. The Labute approximate surface area is 70.3 Å². The second kappa shape index (κ2) is 3.23. The van der Waals surface area contributed by atoms with Gasteiger partial charge in [-0.1, -0.05) is 12.1 Å². The highest BCUT2D eigenvalue weighted by Gasteiger charge is 2.10. The van der Waals surface area contributed by atoms with E-state index in [1.54, 1.807) is 24.3 Å². The lowest BCUT2D eigenvalue weighted by Gasteiger charge is -2.06. The van der Waals surface area contributed by atoms with Crippen LogP contribution < -0.4 is 17.2 Å². The van der Waals surface area contributed by atoms with Gasteiger partial charge in [-0.3, -0.25) is 4.79 Å². The van der Waals surface area contributed by atoms with E-state index in [0.717, 1.165) is 0 Å². The van der Waals surface area contributed by atoms with Crippen LogP contribution in [0.4, 0.5) is 5.69 Å². The standard InChI is InChI=1S/C8H11N3O/c9-6-3-1-5(2-4-6)7(10)8(11)12/h1-4,7H,9-10H2,(H2,11,12). The fraction of sp³-hybridized carbons (Fsp3) is 0.125. The first-order valence-electron chi connectivity index (χ1n) is 3.51. The highest BCUT2D eigenvalue weighted by molar-refractivity contribution is 5.81. The third kappa shape index (κ3) is 1.73. The zero-order chi connectivity index (χ0) is 9.14. The Hall–Kier alpha value is -1.55. The van der Waals surface area contributed by atoms with Crippen molar-refractivity contribution in [3.63, 3.8) is 0 Å². The molecule has 0 bridgehead atoms. The van der Waals surface area contributed by atoms with Crippen molar-refractivity contribution < 1.29 is 4.79 Å². The van der Waals surface area contributed by atoms with E-state index in [9.17, 15) is 4.79 Å². The smallest absolute Gasteiger partial charge is 0.238 e. The summed E-state index contributed by atoms with van der Waals surface area (Å²) in [6, 6.07) is 5.98. The van der Waals surface area contributed by atoms with Crippen molar-refractivity contribution in [2.24, 2.45) is 11.5 Å². The maximum absolute atomic E-state index is 10.7. The third-order valence-electron chi connectivity index (χ3n) is 1.60. The summed E-state index contributed by atoms with van der Waals surface area (Å²) < 4.78 is 0. The number of hydrogen-bond acceptors (Lipinski definition) is 3. The van der Waals surface area contributed by atoms with E-state index >= 15 is 0 Å². The first-order chi connectivity index (χ1) is 5.61.